The quantitative estimate of drug-likeness (QED) is 0.783. The van der Waals surface area contributed by atoms with E-state index in [-0.39, 0.29) is 11.9 Å². The van der Waals surface area contributed by atoms with E-state index in [1.165, 1.54) is 13.5 Å². The van der Waals surface area contributed by atoms with Crippen molar-refractivity contribution in [2.75, 3.05) is 27.9 Å². The van der Waals surface area contributed by atoms with Gasteiger partial charge in [-0.3, -0.25) is 4.79 Å². The van der Waals surface area contributed by atoms with Gasteiger partial charge >= 0.3 is 5.97 Å². The van der Waals surface area contributed by atoms with Crippen molar-refractivity contribution in [1.82, 2.24) is 0 Å². The Morgan fingerprint density at radius 3 is 2.18 bits per heavy atom. The Hall–Kier alpha value is -1.75. The van der Waals surface area contributed by atoms with Crippen molar-refractivity contribution < 1.29 is 19.0 Å². The minimum absolute atomic E-state index is 0.0962. The smallest absolute Gasteiger partial charge is 0.305 e. The zero-order valence-electron chi connectivity index (χ0n) is 14.3. The van der Waals surface area contributed by atoms with Crippen molar-refractivity contribution in [2.24, 2.45) is 5.73 Å². The summed E-state index contributed by atoms with van der Waals surface area (Å²) in [5.41, 5.74) is 6.80. The van der Waals surface area contributed by atoms with Gasteiger partial charge in [0.2, 0.25) is 0 Å². The molecule has 0 aliphatic heterocycles. The first kappa shape index (κ1) is 20.2. The topological polar surface area (TPSA) is 70.8 Å². The summed E-state index contributed by atoms with van der Waals surface area (Å²) in [5, 5.41) is 0. The third-order valence-corrected chi connectivity index (χ3v) is 3.09. The van der Waals surface area contributed by atoms with Gasteiger partial charge in [0.1, 0.15) is 0 Å². The van der Waals surface area contributed by atoms with Crippen LogP contribution in [0.3, 0.4) is 0 Å². The van der Waals surface area contributed by atoms with Crippen molar-refractivity contribution in [2.45, 2.75) is 39.0 Å². The average molecular weight is 311 g/mol. The normalized spacial score (nSPS) is 11.0. The molecular weight excluding hydrogens is 282 g/mol. The van der Waals surface area contributed by atoms with Crippen molar-refractivity contribution >= 4 is 5.97 Å². The Morgan fingerprint density at radius 1 is 1.14 bits per heavy atom. The highest BCUT2D eigenvalue weighted by molar-refractivity contribution is 5.69. The number of hydrogen-bond acceptors (Lipinski definition) is 5. The van der Waals surface area contributed by atoms with Crippen LogP contribution in [0.25, 0.3) is 0 Å². The standard InChI is InChI=1S/C14H21NO4.C3H8/c1-17-12-6-4-10(8-13(12)18-2)11(9-15)5-7-14(16)19-3;1-3-2/h4,6,8,11H,5,7,9,15H2,1-3H3;3H2,1-2H3/t11-;/m1./s1. The first-order valence-corrected chi connectivity index (χ1v) is 7.56. The molecule has 0 saturated heterocycles. The lowest BCUT2D eigenvalue weighted by Crippen LogP contribution is -2.14. The molecule has 2 N–H and O–H groups in total. The van der Waals surface area contributed by atoms with Crippen LogP contribution in [0, 0.1) is 0 Å². The number of esters is 1. The lowest BCUT2D eigenvalue weighted by molar-refractivity contribution is -0.140. The number of methoxy groups -OCH3 is 3. The molecule has 1 aromatic carbocycles. The molecule has 0 saturated carbocycles. The minimum Gasteiger partial charge on any atom is -0.493 e. The maximum absolute atomic E-state index is 11.2. The summed E-state index contributed by atoms with van der Waals surface area (Å²) in [4.78, 5) is 11.2. The Labute approximate surface area is 133 Å². The van der Waals surface area contributed by atoms with Crippen LogP contribution in [0.1, 0.15) is 44.6 Å². The summed E-state index contributed by atoms with van der Waals surface area (Å²) in [6.07, 6.45) is 2.26. The fourth-order valence-corrected chi connectivity index (χ4v) is 1.92. The van der Waals surface area contributed by atoms with Crippen LogP contribution in [0.15, 0.2) is 18.2 Å². The molecular formula is C17H29NO4. The zero-order valence-corrected chi connectivity index (χ0v) is 14.3. The molecule has 5 nitrogen and oxygen atoms in total. The molecule has 5 heteroatoms. The molecule has 0 spiro atoms. The number of hydrogen-bond donors (Lipinski definition) is 1. The summed E-state index contributed by atoms with van der Waals surface area (Å²) in [6, 6.07) is 5.68. The lowest BCUT2D eigenvalue weighted by atomic mass is 9.94. The maximum atomic E-state index is 11.2. The van der Waals surface area contributed by atoms with Gasteiger partial charge in [0.25, 0.3) is 0 Å². The molecule has 1 atom stereocenters. The monoisotopic (exact) mass is 311 g/mol. The third-order valence-electron chi connectivity index (χ3n) is 3.09. The molecule has 0 fully saturated rings. The van der Waals surface area contributed by atoms with Crippen LogP contribution in [-0.2, 0) is 9.53 Å². The molecule has 22 heavy (non-hydrogen) atoms. The van der Waals surface area contributed by atoms with E-state index in [1.807, 2.05) is 18.2 Å². The second-order valence-corrected chi connectivity index (χ2v) is 4.87. The number of carbonyl (C=O) groups is 1. The average Bonchev–Trinajstić information content (AvgIpc) is 2.55. The maximum Gasteiger partial charge on any atom is 0.305 e. The van der Waals surface area contributed by atoms with Crippen molar-refractivity contribution in [3.8, 4) is 11.5 Å². The van der Waals surface area contributed by atoms with E-state index in [0.29, 0.717) is 30.9 Å². The summed E-state index contributed by atoms with van der Waals surface area (Å²) in [5.74, 6) is 1.21. The number of nitrogens with two attached hydrogens (primary N) is 1. The third kappa shape index (κ3) is 6.80. The first-order valence-electron chi connectivity index (χ1n) is 7.56. The molecule has 0 heterocycles. The second-order valence-electron chi connectivity index (χ2n) is 4.87. The van der Waals surface area contributed by atoms with E-state index in [1.54, 1.807) is 14.2 Å². The van der Waals surface area contributed by atoms with Crippen LogP contribution in [-0.4, -0.2) is 33.8 Å². The fourth-order valence-electron chi connectivity index (χ4n) is 1.92. The van der Waals surface area contributed by atoms with Gasteiger partial charge in [0.05, 0.1) is 21.3 Å². The summed E-state index contributed by atoms with van der Waals surface area (Å²) < 4.78 is 15.1. The van der Waals surface area contributed by atoms with Gasteiger partial charge < -0.3 is 19.9 Å². The van der Waals surface area contributed by atoms with Crippen LogP contribution in [0.2, 0.25) is 0 Å². The zero-order chi connectivity index (χ0) is 17.0. The fraction of sp³-hybridized carbons (Fsp3) is 0.588. The number of rotatable bonds is 7. The molecule has 0 aliphatic rings. The van der Waals surface area contributed by atoms with Crippen molar-refractivity contribution in [3.63, 3.8) is 0 Å². The molecule has 0 aliphatic carbocycles. The Bertz CT molecular complexity index is 435. The Kier molecular flexibility index (Phi) is 10.9. The van der Waals surface area contributed by atoms with Gasteiger partial charge in [-0.05, 0) is 36.6 Å². The molecule has 0 aromatic heterocycles. The summed E-state index contributed by atoms with van der Waals surface area (Å²) >= 11 is 0. The van der Waals surface area contributed by atoms with Gasteiger partial charge in [-0.2, -0.15) is 0 Å². The highest BCUT2D eigenvalue weighted by atomic mass is 16.5. The van der Waals surface area contributed by atoms with E-state index in [9.17, 15) is 4.79 Å². The van der Waals surface area contributed by atoms with Gasteiger partial charge in [0, 0.05) is 6.42 Å². The first-order chi connectivity index (χ1) is 10.6. The van der Waals surface area contributed by atoms with E-state index in [0.717, 1.165) is 5.56 Å². The molecule has 126 valence electrons. The van der Waals surface area contributed by atoms with Gasteiger partial charge in [0.15, 0.2) is 11.5 Å². The van der Waals surface area contributed by atoms with Crippen molar-refractivity contribution in [1.29, 1.82) is 0 Å². The van der Waals surface area contributed by atoms with Gasteiger partial charge in [-0.1, -0.05) is 26.3 Å². The van der Waals surface area contributed by atoms with E-state index >= 15 is 0 Å². The summed E-state index contributed by atoms with van der Waals surface area (Å²) in [6.45, 7) is 4.71. The lowest BCUT2D eigenvalue weighted by Gasteiger charge is -2.16. The van der Waals surface area contributed by atoms with E-state index in [2.05, 4.69) is 18.6 Å². The number of ether oxygens (including phenoxy) is 3. The predicted octanol–water partition coefficient (Wildman–Crippen LogP) is 3.12. The number of benzene rings is 1. The molecule has 0 amide bonds. The van der Waals surface area contributed by atoms with E-state index in [4.69, 9.17) is 15.2 Å². The molecule has 1 aromatic rings. The van der Waals surface area contributed by atoms with Crippen LogP contribution in [0.4, 0.5) is 0 Å². The largest absolute Gasteiger partial charge is 0.493 e. The van der Waals surface area contributed by atoms with Crippen LogP contribution >= 0.6 is 0 Å². The molecule has 0 radical (unpaired) electrons. The van der Waals surface area contributed by atoms with Gasteiger partial charge in [-0.15, -0.1) is 0 Å². The Morgan fingerprint density at radius 2 is 1.73 bits per heavy atom. The van der Waals surface area contributed by atoms with E-state index < -0.39 is 0 Å². The SMILES string of the molecule is CCC.COC(=O)CC[C@H](CN)c1ccc(OC)c(OC)c1. The molecule has 0 bridgehead atoms. The van der Waals surface area contributed by atoms with Gasteiger partial charge in [-0.25, -0.2) is 0 Å². The number of carbonyl (C=O) groups excluding carboxylic acids is 1. The van der Waals surface area contributed by atoms with Crippen LogP contribution in [0.5, 0.6) is 11.5 Å². The highest BCUT2D eigenvalue weighted by Gasteiger charge is 2.15. The molecule has 0 unspecified atom stereocenters. The predicted molar refractivity (Wildman–Crippen MR) is 88.6 cm³/mol. The Balaban J connectivity index is 0.00000135. The summed E-state index contributed by atoms with van der Waals surface area (Å²) in [7, 11) is 4.57. The second kappa shape index (κ2) is 11.9. The minimum atomic E-state index is -0.223. The highest BCUT2D eigenvalue weighted by Crippen LogP contribution is 2.31. The van der Waals surface area contributed by atoms with Crippen molar-refractivity contribution in [3.05, 3.63) is 23.8 Å². The molecule has 1 rings (SSSR count). The van der Waals surface area contributed by atoms with Crippen LogP contribution < -0.4 is 15.2 Å².